The van der Waals surface area contributed by atoms with E-state index >= 15 is 0 Å². The van der Waals surface area contributed by atoms with Crippen molar-refractivity contribution in [3.8, 4) is 5.75 Å². The quantitative estimate of drug-likeness (QED) is 0.329. The average molecular weight is 480 g/mol. The molecule has 2 unspecified atom stereocenters. The van der Waals surface area contributed by atoms with Gasteiger partial charge in [0, 0.05) is 31.0 Å². The van der Waals surface area contributed by atoms with Gasteiger partial charge in [0.25, 0.3) is 0 Å². The van der Waals surface area contributed by atoms with Crippen LogP contribution in [0.4, 0.5) is 0 Å². The third-order valence-electron chi connectivity index (χ3n) is 7.36. The molecule has 1 fully saturated rings. The first-order chi connectivity index (χ1) is 17.1. The molecule has 3 aromatic rings. The molecule has 1 aliphatic heterocycles. The van der Waals surface area contributed by atoms with Crippen molar-refractivity contribution in [2.24, 2.45) is 11.8 Å². The Hall–Kier alpha value is -2.93. The highest BCUT2D eigenvalue weighted by molar-refractivity contribution is 5.83. The van der Waals surface area contributed by atoms with Gasteiger partial charge in [-0.3, -0.25) is 9.78 Å². The van der Waals surface area contributed by atoms with E-state index in [2.05, 4.69) is 27.0 Å². The molecule has 0 radical (unpaired) electrons. The van der Waals surface area contributed by atoms with Gasteiger partial charge in [0.2, 0.25) is 0 Å². The zero-order chi connectivity index (χ0) is 24.5. The maximum Gasteiger partial charge on any atom is 0.303 e. The number of hydrogen-bond acceptors (Lipinski definition) is 6. The summed E-state index contributed by atoms with van der Waals surface area (Å²) < 4.78 is 10.7. The number of pyridine rings is 1. The van der Waals surface area contributed by atoms with Crippen molar-refractivity contribution in [2.45, 2.75) is 57.8 Å². The zero-order valence-electron chi connectivity index (χ0n) is 20.7. The number of fused-ring (bicyclic) bond motifs is 1. The van der Waals surface area contributed by atoms with Crippen molar-refractivity contribution in [3.63, 3.8) is 0 Å². The zero-order valence-corrected chi connectivity index (χ0v) is 20.7. The molecule has 0 aliphatic carbocycles. The molecule has 1 saturated heterocycles. The van der Waals surface area contributed by atoms with Crippen LogP contribution in [0, 0.1) is 11.8 Å². The summed E-state index contributed by atoms with van der Waals surface area (Å²) >= 11 is 0. The highest BCUT2D eigenvalue weighted by Gasteiger charge is 2.29. The molecular formula is C28H37N3O4. The molecule has 2 aromatic heterocycles. The van der Waals surface area contributed by atoms with Crippen molar-refractivity contribution < 1.29 is 19.1 Å². The molecule has 1 N–H and O–H groups in total. The molecule has 7 heteroatoms. The van der Waals surface area contributed by atoms with Crippen molar-refractivity contribution in [1.82, 2.24) is 14.9 Å². The number of aromatic nitrogens is 2. The highest BCUT2D eigenvalue weighted by atomic mass is 16.5. The predicted molar refractivity (Wildman–Crippen MR) is 136 cm³/mol. The summed E-state index contributed by atoms with van der Waals surface area (Å²) in [4.78, 5) is 22.5. The number of likely N-dealkylation sites (tertiary alicyclic amines) is 1. The number of benzene rings is 1. The number of nitrogens with zero attached hydrogens (tertiary/aromatic N) is 3. The molecule has 1 aliphatic rings. The summed E-state index contributed by atoms with van der Waals surface area (Å²) in [6, 6.07) is 8.16. The number of carbonyl (C=O) groups is 1. The molecule has 3 heterocycles. The monoisotopic (exact) mass is 479 g/mol. The summed E-state index contributed by atoms with van der Waals surface area (Å²) in [5.74, 6) is 2.00. The van der Waals surface area contributed by atoms with Gasteiger partial charge in [0.15, 0.2) is 5.89 Å². The number of carboxylic acid groups (broad SMARTS) is 1. The van der Waals surface area contributed by atoms with Gasteiger partial charge >= 0.3 is 5.97 Å². The Bertz CT molecular complexity index is 1070. The second-order valence-corrected chi connectivity index (χ2v) is 9.67. The summed E-state index contributed by atoms with van der Waals surface area (Å²) in [5, 5.41) is 10.4. The molecule has 1 aromatic carbocycles. The minimum Gasteiger partial charge on any atom is -0.497 e. The molecule has 7 nitrogen and oxygen atoms in total. The molecule has 35 heavy (non-hydrogen) atoms. The number of carboxylic acids is 1. The van der Waals surface area contributed by atoms with Crippen molar-refractivity contribution in [3.05, 3.63) is 54.4 Å². The van der Waals surface area contributed by atoms with Crippen LogP contribution in [-0.4, -0.2) is 52.7 Å². The Kier molecular flexibility index (Phi) is 9.12. The number of rotatable bonds is 13. The van der Waals surface area contributed by atoms with Gasteiger partial charge in [-0.2, -0.15) is 0 Å². The van der Waals surface area contributed by atoms with Gasteiger partial charge in [-0.25, -0.2) is 4.98 Å². The van der Waals surface area contributed by atoms with Crippen molar-refractivity contribution in [1.29, 1.82) is 0 Å². The van der Waals surface area contributed by atoms with Crippen LogP contribution in [-0.2, 0) is 17.6 Å². The summed E-state index contributed by atoms with van der Waals surface area (Å²) in [6.45, 7) is 3.16. The smallest absolute Gasteiger partial charge is 0.303 e. The summed E-state index contributed by atoms with van der Waals surface area (Å²) in [7, 11) is 1.69. The van der Waals surface area contributed by atoms with Crippen LogP contribution in [0.15, 0.2) is 47.3 Å². The first-order valence-electron chi connectivity index (χ1n) is 12.9. The minimum absolute atomic E-state index is 0.258. The van der Waals surface area contributed by atoms with Crippen LogP contribution in [0.2, 0.25) is 0 Å². The lowest BCUT2D eigenvalue weighted by atomic mass is 9.79. The third kappa shape index (κ3) is 7.28. The SMILES string of the molecule is COc1ccc2nccc(CCCC3CCN(CCCCc4ncco4)CC3CCC(=O)O)c2c1. The molecule has 188 valence electrons. The lowest BCUT2D eigenvalue weighted by Gasteiger charge is -2.39. The van der Waals surface area contributed by atoms with Gasteiger partial charge in [0.1, 0.15) is 12.0 Å². The molecule has 0 amide bonds. The largest absolute Gasteiger partial charge is 0.497 e. The van der Waals surface area contributed by atoms with E-state index in [9.17, 15) is 9.90 Å². The van der Waals surface area contributed by atoms with Gasteiger partial charge in [-0.1, -0.05) is 0 Å². The van der Waals surface area contributed by atoms with E-state index in [1.807, 2.05) is 18.3 Å². The Morgan fingerprint density at radius 2 is 2.03 bits per heavy atom. The number of hydrogen-bond donors (Lipinski definition) is 1. The van der Waals surface area contributed by atoms with Crippen molar-refractivity contribution >= 4 is 16.9 Å². The Labute approximate surface area is 207 Å². The normalized spacial score (nSPS) is 18.7. The lowest BCUT2D eigenvalue weighted by molar-refractivity contribution is -0.137. The maximum atomic E-state index is 11.3. The van der Waals surface area contributed by atoms with E-state index < -0.39 is 5.97 Å². The van der Waals surface area contributed by atoms with E-state index in [1.54, 1.807) is 19.6 Å². The summed E-state index contributed by atoms with van der Waals surface area (Å²) in [6.07, 6.45) is 13.7. The summed E-state index contributed by atoms with van der Waals surface area (Å²) in [5.41, 5.74) is 2.30. The van der Waals surface area contributed by atoms with Gasteiger partial charge in [-0.05, 0) is 99.7 Å². The maximum absolute atomic E-state index is 11.3. The molecule has 2 atom stereocenters. The topological polar surface area (TPSA) is 88.7 Å². The molecular weight excluding hydrogens is 442 g/mol. The number of unbranched alkanes of at least 4 members (excludes halogenated alkanes) is 1. The van der Waals surface area contributed by atoms with Crippen LogP contribution < -0.4 is 4.74 Å². The highest BCUT2D eigenvalue weighted by Crippen LogP contribution is 2.32. The Balaban J connectivity index is 1.29. The van der Waals surface area contributed by atoms with Crippen LogP contribution in [0.1, 0.15) is 56.4 Å². The first-order valence-corrected chi connectivity index (χ1v) is 12.9. The van der Waals surface area contributed by atoms with Crippen LogP contribution in [0.3, 0.4) is 0 Å². The fourth-order valence-corrected chi connectivity index (χ4v) is 5.45. The average Bonchev–Trinajstić information content (AvgIpc) is 3.39. The lowest BCUT2D eigenvalue weighted by Crippen LogP contribution is -2.41. The molecule has 0 spiro atoms. The van der Waals surface area contributed by atoms with Gasteiger partial charge in [0.05, 0.1) is 18.8 Å². The second-order valence-electron chi connectivity index (χ2n) is 9.67. The van der Waals surface area contributed by atoms with Crippen molar-refractivity contribution in [2.75, 3.05) is 26.7 Å². The predicted octanol–water partition coefficient (Wildman–Crippen LogP) is 5.38. The standard InChI is InChI=1S/C28H37N3O4/c1-34-24-9-10-26-25(19-24)22(12-14-29-26)6-4-5-21-13-17-31(20-23(21)8-11-28(32)33)16-3-2-7-27-30-15-18-35-27/h9-10,12,14-15,18-19,21,23H,2-8,11,13,16-17,20H2,1H3,(H,32,33). The molecule has 0 bridgehead atoms. The second kappa shape index (κ2) is 12.7. The van der Waals surface area contributed by atoms with Crippen LogP contribution >= 0.6 is 0 Å². The number of methoxy groups -OCH3 is 1. The number of aryl methyl sites for hydroxylation is 2. The van der Waals surface area contributed by atoms with E-state index in [0.717, 1.165) is 93.5 Å². The Morgan fingerprint density at radius 3 is 2.83 bits per heavy atom. The third-order valence-corrected chi connectivity index (χ3v) is 7.36. The molecule has 4 rings (SSSR count). The Morgan fingerprint density at radius 1 is 1.11 bits per heavy atom. The number of aliphatic carboxylic acids is 1. The van der Waals surface area contributed by atoms with E-state index in [4.69, 9.17) is 9.15 Å². The van der Waals surface area contributed by atoms with E-state index in [0.29, 0.717) is 11.8 Å². The number of ether oxygens (including phenoxy) is 1. The first kappa shape index (κ1) is 25.2. The minimum atomic E-state index is -0.691. The molecule has 0 saturated carbocycles. The van der Waals surface area contributed by atoms with E-state index in [1.165, 1.54) is 5.56 Å². The number of piperidine rings is 1. The van der Waals surface area contributed by atoms with Gasteiger partial charge < -0.3 is 19.2 Å². The van der Waals surface area contributed by atoms with Gasteiger partial charge in [-0.15, -0.1) is 0 Å². The van der Waals surface area contributed by atoms with E-state index in [-0.39, 0.29) is 6.42 Å². The van der Waals surface area contributed by atoms with Crippen LogP contribution in [0.5, 0.6) is 5.75 Å². The fraction of sp³-hybridized carbons (Fsp3) is 0.536. The fourth-order valence-electron chi connectivity index (χ4n) is 5.45. The van der Waals surface area contributed by atoms with Crippen LogP contribution in [0.25, 0.3) is 10.9 Å². The number of oxazole rings is 1.